The molecule has 3 nitrogen and oxygen atoms in total. The molecule has 4 heteroatoms. The standard InChI is InChI=1S/C16H29N3S/c1-12-6-5-8-19(11-12)9-7-14-18-15(16(2,3)4)13(10-17)20-14/h12H,5-11,17H2,1-4H3. The normalized spacial score (nSPS) is 21.4. The molecule has 1 unspecified atom stereocenters. The van der Waals surface area contributed by atoms with E-state index in [9.17, 15) is 0 Å². The van der Waals surface area contributed by atoms with E-state index in [-0.39, 0.29) is 5.41 Å². The van der Waals surface area contributed by atoms with E-state index in [0.29, 0.717) is 6.54 Å². The molecule has 1 atom stereocenters. The molecule has 0 saturated carbocycles. The quantitative estimate of drug-likeness (QED) is 0.927. The number of piperidine rings is 1. The predicted octanol–water partition coefficient (Wildman–Crippen LogP) is 3.17. The fourth-order valence-corrected chi connectivity index (χ4v) is 4.12. The van der Waals surface area contributed by atoms with Crippen LogP contribution in [-0.4, -0.2) is 29.5 Å². The van der Waals surface area contributed by atoms with Gasteiger partial charge in [-0.25, -0.2) is 4.98 Å². The largest absolute Gasteiger partial charge is 0.326 e. The van der Waals surface area contributed by atoms with Gasteiger partial charge >= 0.3 is 0 Å². The first-order chi connectivity index (χ1) is 9.40. The molecule has 0 aromatic carbocycles. The van der Waals surface area contributed by atoms with Crippen LogP contribution in [0.2, 0.25) is 0 Å². The van der Waals surface area contributed by atoms with Crippen LogP contribution in [-0.2, 0) is 18.4 Å². The summed E-state index contributed by atoms with van der Waals surface area (Å²) in [4.78, 5) is 8.72. The summed E-state index contributed by atoms with van der Waals surface area (Å²) in [7, 11) is 0. The van der Waals surface area contributed by atoms with Gasteiger partial charge in [0.05, 0.1) is 10.7 Å². The monoisotopic (exact) mass is 295 g/mol. The van der Waals surface area contributed by atoms with E-state index in [2.05, 4.69) is 32.6 Å². The molecular formula is C16H29N3S. The molecule has 0 bridgehead atoms. The lowest BCUT2D eigenvalue weighted by molar-refractivity contribution is 0.186. The number of hydrogen-bond donors (Lipinski definition) is 1. The van der Waals surface area contributed by atoms with Crippen molar-refractivity contribution in [2.24, 2.45) is 11.7 Å². The van der Waals surface area contributed by atoms with Gasteiger partial charge in [0.25, 0.3) is 0 Å². The average molecular weight is 295 g/mol. The number of hydrogen-bond acceptors (Lipinski definition) is 4. The molecule has 0 radical (unpaired) electrons. The Morgan fingerprint density at radius 2 is 2.15 bits per heavy atom. The lowest BCUT2D eigenvalue weighted by Gasteiger charge is -2.30. The molecule has 2 N–H and O–H groups in total. The molecule has 1 aliphatic rings. The van der Waals surface area contributed by atoms with Gasteiger partial charge in [-0.2, -0.15) is 0 Å². The fraction of sp³-hybridized carbons (Fsp3) is 0.812. The van der Waals surface area contributed by atoms with Crippen LogP contribution < -0.4 is 5.73 Å². The van der Waals surface area contributed by atoms with E-state index in [4.69, 9.17) is 10.7 Å². The van der Waals surface area contributed by atoms with Crippen molar-refractivity contribution < 1.29 is 0 Å². The minimum Gasteiger partial charge on any atom is -0.326 e. The Balaban J connectivity index is 1.98. The van der Waals surface area contributed by atoms with Crippen LogP contribution >= 0.6 is 11.3 Å². The molecule has 1 fully saturated rings. The van der Waals surface area contributed by atoms with Crippen LogP contribution in [0.3, 0.4) is 0 Å². The van der Waals surface area contributed by atoms with Crippen LogP contribution in [0.15, 0.2) is 0 Å². The highest BCUT2D eigenvalue weighted by atomic mass is 32.1. The summed E-state index contributed by atoms with van der Waals surface area (Å²) in [5.41, 5.74) is 7.18. The summed E-state index contributed by atoms with van der Waals surface area (Å²) in [5.74, 6) is 0.852. The molecule has 20 heavy (non-hydrogen) atoms. The minimum absolute atomic E-state index is 0.100. The van der Waals surface area contributed by atoms with Gasteiger partial charge in [-0.1, -0.05) is 27.7 Å². The molecule has 114 valence electrons. The Morgan fingerprint density at radius 1 is 1.40 bits per heavy atom. The summed E-state index contributed by atoms with van der Waals surface area (Å²) in [5, 5.41) is 1.26. The second-order valence-corrected chi connectivity index (χ2v) is 8.30. The highest BCUT2D eigenvalue weighted by Crippen LogP contribution is 2.29. The molecule has 0 spiro atoms. The zero-order valence-electron chi connectivity index (χ0n) is 13.4. The summed E-state index contributed by atoms with van der Waals surface area (Å²) < 4.78 is 0. The first-order valence-corrected chi connectivity index (χ1v) is 8.63. The highest BCUT2D eigenvalue weighted by Gasteiger charge is 2.23. The zero-order chi connectivity index (χ0) is 14.8. The smallest absolute Gasteiger partial charge is 0.0944 e. The average Bonchev–Trinajstić information content (AvgIpc) is 2.80. The van der Waals surface area contributed by atoms with Crippen molar-refractivity contribution in [1.82, 2.24) is 9.88 Å². The first kappa shape index (κ1) is 15.9. The minimum atomic E-state index is 0.100. The van der Waals surface area contributed by atoms with Gasteiger partial charge in [0.1, 0.15) is 0 Å². The van der Waals surface area contributed by atoms with Crippen molar-refractivity contribution >= 4 is 11.3 Å². The molecule has 1 saturated heterocycles. The first-order valence-electron chi connectivity index (χ1n) is 7.81. The van der Waals surface area contributed by atoms with Crippen LogP contribution in [0.5, 0.6) is 0 Å². The lowest BCUT2D eigenvalue weighted by Crippen LogP contribution is -2.35. The maximum atomic E-state index is 5.88. The van der Waals surface area contributed by atoms with E-state index < -0.39 is 0 Å². The fourth-order valence-electron chi connectivity index (χ4n) is 2.98. The van der Waals surface area contributed by atoms with Crippen molar-refractivity contribution in [2.45, 2.75) is 58.9 Å². The second kappa shape index (κ2) is 6.54. The topological polar surface area (TPSA) is 42.2 Å². The molecule has 1 aromatic heterocycles. The van der Waals surface area contributed by atoms with Crippen molar-refractivity contribution in [1.29, 1.82) is 0 Å². The molecule has 0 aliphatic carbocycles. The molecule has 2 heterocycles. The van der Waals surface area contributed by atoms with Gasteiger partial charge in [-0.3, -0.25) is 0 Å². The molecular weight excluding hydrogens is 266 g/mol. The lowest BCUT2D eigenvalue weighted by atomic mass is 9.91. The number of aromatic nitrogens is 1. The maximum Gasteiger partial charge on any atom is 0.0944 e. The van der Waals surface area contributed by atoms with E-state index >= 15 is 0 Å². The van der Waals surface area contributed by atoms with Gasteiger partial charge < -0.3 is 10.6 Å². The molecule has 2 rings (SSSR count). The third-order valence-corrected chi connectivity index (χ3v) is 5.16. The molecule has 1 aliphatic heterocycles. The Hall–Kier alpha value is -0.450. The van der Waals surface area contributed by atoms with E-state index in [1.807, 2.05) is 11.3 Å². The Morgan fingerprint density at radius 3 is 2.70 bits per heavy atom. The van der Waals surface area contributed by atoms with Crippen molar-refractivity contribution in [3.63, 3.8) is 0 Å². The SMILES string of the molecule is CC1CCCN(CCc2nc(C(C)(C)C)c(CN)s2)C1. The number of nitrogens with two attached hydrogens (primary N) is 1. The van der Waals surface area contributed by atoms with Crippen LogP contribution in [0, 0.1) is 5.92 Å². The molecule has 0 amide bonds. The second-order valence-electron chi connectivity index (χ2n) is 7.13. The van der Waals surface area contributed by atoms with Gasteiger partial charge in [-0.15, -0.1) is 11.3 Å². The summed E-state index contributed by atoms with van der Waals surface area (Å²) in [6, 6.07) is 0. The van der Waals surface area contributed by atoms with Crippen molar-refractivity contribution in [3.8, 4) is 0 Å². The van der Waals surface area contributed by atoms with E-state index in [1.54, 1.807) is 0 Å². The number of likely N-dealkylation sites (tertiary alicyclic amines) is 1. The van der Waals surface area contributed by atoms with Gasteiger partial charge in [0, 0.05) is 36.3 Å². The summed E-state index contributed by atoms with van der Waals surface area (Å²) in [6.07, 6.45) is 3.81. The third kappa shape index (κ3) is 4.03. The number of thiazole rings is 1. The number of rotatable bonds is 4. The summed E-state index contributed by atoms with van der Waals surface area (Å²) >= 11 is 1.81. The van der Waals surface area contributed by atoms with Gasteiger partial charge in [-0.05, 0) is 25.3 Å². The third-order valence-electron chi connectivity index (χ3n) is 4.02. The van der Waals surface area contributed by atoms with Crippen LogP contribution in [0.1, 0.15) is 56.1 Å². The molecule has 1 aromatic rings. The maximum absolute atomic E-state index is 5.88. The highest BCUT2D eigenvalue weighted by molar-refractivity contribution is 7.11. The van der Waals surface area contributed by atoms with E-state index in [1.165, 1.54) is 41.5 Å². The number of nitrogens with zero attached hydrogens (tertiary/aromatic N) is 2. The Kier molecular flexibility index (Phi) is 5.21. The van der Waals surface area contributed by atoms with Crippen molar-refractivity contribution in [2.75, 3.05) is 19.6 Å². The van der Waals surface area contributed by atoms with Crippen LogP contribution in [0.25, 0.3) is 0 Å². The van der Waals surface area contributed by atoms with Gasteiger partial charge in [0.2, 0.25) is 0 Å². The summed E-state index contributed by atoms with van der Waals surface area (Å²) in [6.45, 7) is 13.3. The Labute approximate surface area is 127 Å². The Bertz CT molecular complexity index is 433. The van der Waals surface area contributed by atoms with E-state index in [0.717, 1.165) is 18.9 Å². The van der Waals surface area contributed by atoms with Crippen molar-refractivity contribution in [3.05, 3.63) is 15.6 Å². The zero-order valence-corrected chi connectivity index (χ0v) is 14.2. The van der Waals surface area contributed by atoms with Gasteiger partial charge in [0.15, 0.2) is 0 Å². The predicted molar refractivity (Wildman–Crippen MR) is 87.2 cm³/mol. The van der Waals surface area contributed by atoms with Crippen LogP contribution in [0.4, 0.5) is 0 Å².